The lowest BCUT2D eigenvalue weighted by atomic mass is 10.0. The molecule has 0 aliphatic carbocycles. The molecule has 0 spiro atoms. The highest BCUT2D eigenvalue weighted by Crippen LogP contribution is 2.28. The fraction of sp³-hybridized carbons (Fsp3) is 0.190. The summed E-state index contributed by atoms with van der Waals surface area (Å²) < 4.78 is 0. The quantitative estimate of drug-likeness (QED) is 0.793. The maximum absolute atomic E-state index is 11.5. The number of aryl methyl sites for hydroxylation is 3. The second-order valence-electron chi connectivity index (χ2n) is 6.47. The molecule has 4 nitrogen and oxygen atoms in total. The number of nitrogens with one attached hydrogen (secondary N) is 1. The standard InChI is InChI=1S/C21H19N3O/c1-14-2-4-15(5-3-14)6-9-20-22-12-18(13-23-20)16-7-8-19-17(10-16)11-21(25)24-19/h2-5,7-8,10,12-13H,6,9,11H2,1H3,(H,24,25). The zero-order valence-corrected chi connectivity index (χ0v) is 14.1. The van der Waals surface area contributed by atoms with Crippen LogP contribution in [-0.2, 0) is 24.1 Å². The first kappa shape index (κ1) is 15.5. The molecule has 0 fully saturated rings. The fourth-order valence-electron chi connectivity index (χ4n) is 3.05. The van der Waals surface area contributed by atoms with Crippen molar-refractivity contribution in [2.75, 3.05) is 5.32 Å². The predicted molar refractivity (Wildman–Crippen MR) is 98.4 cm³/mol. The zero-order valence-electron chi connectivity index (χ0n) is 14.1. The van der Waals surface area contributed by atoms with Gasteiger partial charge in [-0.05, 0) is 42.2 Å². The summed E-state index contributed by atoms with van der Waals surface area (Å²) in [6.07, 6.45) is 5.93. The SMILES string of the molecule is Cc1ccc(CCc2ncc(-c3ccc4c(c3)CC(=O)N4)cn2)cc1. The molecule has 3 aromatic rings. The molecule has 2 heterocycles. The third kappa shape index (κ3) is 3.43. The third-order valence-corrected chi connectivity index (χ3v) is 4.53. The highest BCUT2D eigenvalue weighted by Gasteiger charge is 2.17. The molecule has 4 heteroatoms. The van der Waals surface area contributed by atoms with Crippen LogP contribution in [0.4, 0.5) is 5.69 Å². The lowest BCUT2D eigenvalue weighted by Gasteiger charge is -2.06. The minimum absolute atomic E-state index is 0.0508. The molecule has 124 valence electrons. The number of fused-ring (bicyclic) bond motifs is 1. The van der Waals surface area contributed by atoms with Crippen LogP contribution in [0.15, 0.2) is 54.9 Å². The van der Waals surface area contributed by atoms with Gasteiger partial charge in [-0.1, -0.05) is 35.9 Å². The van der Waals surface area contributed by atoms with Crippen molar-refractivity contribution in [1.29, 1.82) is 0 Å². The summed E-state index contributed by atoms with van der Waals surface area (Å²) in [5.41, 5.74) is 6.53. The Morgan fingerprint density at radius 1 is 0.960 bits per heavy atom. The third-order valence-electron chi connectivity index (χ3n) is 4.53. The highest BCUT2D eigenvalue weighted by molar-refractivity contribution is 5.99. The Labute approximate surface area is 147 Å². The first-order valence-corrected chi connectivity index (χ1v) is 8.47. The van der Waals surface area contributed by atoms with Gasteiger partial charge in [-0.2, -0.15) is 0 Å². The van der Waals surface area contributed by atoms with Crippen molar-refractivity contribution >= 4 is 11.6 Å². The number of aromatic nitrogens is 2. The van der Waals surface area contributed by atoms with E-state index in [2.05, 4.69) is 46.5 Å². The Hall–Kier alpha value is -3.01. The van der Waals surface area contributed by atoms with Gasteiger partial charge in [-0.25, -0.2) is 9.97 Å². The summed E-state index contributed by atoms with van der Waals surface area (Å²) in [5.74, 6) is 0.900. The average molecular weight is 329 g/mol. The van der Waals surface area contributed by atoms with Crippen LogP contribution in [-0.4, -0.2) is 15.9 Å². The normalized spacial score (nSPS) is 12.8. The molecule has 25 heavy (non-hydrogen) atoms. The van der Waals surface area contributed by atoms with Gasteiger partial charge in [-0.3, -0.25) is 4.79 Å². The number of nitrogens with zero attached hydrogens (tertiary/aromatic N) is 2. The van der Waals surface area contributed by atoms with Crippen LogP contribution in [0.5, 0.6) is 0 Å². The summed E-state index contributed by atoms with van der Waals surface area (Å²) >= 11 is 0. The second kappa shape index (κ2) is 6.48. The molecule has 0 bridgehead atoms. The van der Waals surface area contributed by atoms with Gasteiger partial charge in [0.05, 0.1) is 6.42 Å². The molecular weight excluding hydrogens is 310 g/mol. The van der Waals surface area contributed by atoms with Crippen molar-refractivity contribution in [3.63, 3.8) is 0 Å². The lowest BCUT2D eigenvalue weighted by molar-refractivity contribution is -0.115. The van der Waals surface area contributed by atoms with E-state index in [4.69, 9.17) is 0 Å². The maximum atomic E-state index is 11.5. The molecule has 1 amide bonds. The van der Waals surface area contributed by atoms with Gasteiger partial charge >= 0.3 is 0 Å². The van der Waals surface area contributed by atoms with Crippen LogP contribution in [0.3, 0.4) is 0 Å². The number of hydrogen-bond acceptors (Lipinski definition) is 3. The van der Waals surface area contributed by atoms with Crippen molar-refractivity contribution in [1.82, 2.24) is 9.97 Å². The molecule has 0 atom stereocenters. The zero-order chi connectivity index (χ0) is 17.2. The monoisotopic (exact) mass is 329 g/mol. The van der Waals surface area contributed by atoms with Crippen LogP contribution in [0.1, 0.15) is 22.5 Å². The van der Waals surface area contributed by atoms with Gasteiger partial charge in [0, 0.05) is 30.1 Å². The van der Waals surface area contributed by atoms with Crippen molar-refractivity contribution in [3.05, 3.63) is 77.4 Å². The van der Waals surface area contributed by atoms with E-state index in [9.17, 15) is 4.79 Å². The van der Waals surface area contributed by atoms with E-state index in [1.165, 1.54) is 11.1 Å². The number of amides is 1. The van der Waals surface area contributed by atoms with E-state index in [-0.39, 0.29) is 5.91 Å². The number of anilines is 1. The Bertz CT molecular complexity index is 915. The van der Waals surface area contributed by atoms with E-state index in [1.807, 2.05) is 30.6 Å². The molecule has 1 aromatic heterocycles. The average Bonchev–Trinajstić information content (AvgIpc) is 3.01. The van der Waals surface area contributed by atoms with E-state index in [1.54, 1.807) is 0 Å². The van der Waals surface area contributed by atoms with Crippen molar-refractivity contribution < 1.29 is 4.79 Å². The predicted octanol–water partition coefficient (Wildman–Crippen LogP) is 3.73. The molecule has 4 rings (SSSR count). The highest BCUT2D eigenvalue weighted by atomic mass is 16.1. The molecule has 1 aliphatic rings. The Morgan fingerprint density at radius 2 is 1.72 bits per heavy atom. The molecule has 0 unspecified atom stereocenters. The van der Waals surface area contributed by atoms with Crippen LogP contribution in [0, 0.1) is 6.92 Å². The number of benzene rings is 2. The summed E-state index contributed by atoms with van der Waals surface area (Å²) in [5, 5.41) is 2.85. The number of carbonyl (C=O) groups is 1. The summed E-state index contributed by atoms with van der Waals surface area (Å²) in [6, 6.07) is 14.6. The molecular formula is C21H19N3O. The molecule has 2 aromatic carbocycles. The largest absolute Gasteiger partial charge is 0.326 e. The Kier molecular flexibility index (Phi) is 4.02. The minimum Gasteiger partial charge on any atom is -0.326 e. The van der Waals surface area contributed by atoms with Crippen LogP contribution in [0.25, 0.3) is 11.1 Å². The van der Waals surface area contributed by atoms with Crippen LogP contribution in [0.2, 0.25) is 0 Å². The van der Waals surface area contributed by atoms with E-state index in [0.717, 1.165) is 41.0 Å². The van der Waals surface area contributed by atoms with Gasteiger partial charge in [-0.15, -0.1) is 0 Å². The van der Waals surface area contributed by atoms with Crippen molar-refractivity contribution in [2.45, 2.75) is 26.2 Å². The van der Waals surface area contributed by atoms with Crippen molar-refractivity contribution in [2.24, 2.45) is 0 Å². The smallest absolute Gasteiger partial charge is 0.228 e. The van der Waals surface area contributed by atoms with Gasteiger partial charge in [0.2, 0.25) is 5.91 Å². The summed E-state index contributed by atoms with van der Waals surface area (Å²) in [4.78, 5) is 20.5. The number of hydrogen-bond donors (Lipinski definition) is 1. The van der Waals surface area contributed by atoms with Crippen molar-refractivity contribution in [3.8, 4) is 11.1 Å². The van der Waals surface area contributed by atoms with Gasteiger partial charge < -0.3 is 5.32 Å². The maximum Gasteiger partial charge on any atom is 0.228 e. The molecule has 1 N–H and O–H groups in total. The van der Waals surface area contributed by atoms with E-state index < -0.39 is 0 Å². The number of carbonyl (C=O) groups excluding carboxylic acids is 1. The lowest BCUT2D eigenvalue weighted by Crippen LogP contribution is -2.03. The topological polar surface area (TPSA) is 54.9 Å². The molecule has 0 saturated heterocycles. The van der Waals surface area contributed by atoms with Gasteiger partial charge in [0.15, 0.2) is 0 Å². The van der Waals surface area contributed by atoms with Gasteiger partial charge in [0.1, 0.15) is 5.82 Å². The van der Waals surface area contributed by atoms with E-state index >= 15 is 0 Å². The fourth-order valence-corrected chi connectivity index (χ4v) is 3.05. The summed E-state index contributed by atoms with van der Waals surface area (Å²) in [6.45, 7) is 2.09. The Morgan fingerprint density at radius 3 is 2.48 bits per heavy atom. The summed E-state index contributed by atoms with van der Waals surface area (Å²) in [7, 11) is 0. The molecule has 0 saturated carbocycles. The molecule has 1 aliphatic heterocycles. The number of rotatable bonds is 4. The molecule has 0 radical (unpaired) electrons. The second-order valence-corrected chi connectivity index (χ2v) is 6.47. The first-order chi connectivity index (χ1) is 12.2. The Balaban J connectivity index is 1.46. The van der Waals surface area contributed by atoms with Crippen LogP contribution >= 0.6 is 0 Å². The van der Waals surface area contributed by atoms with E-state index in [0.29, 0.717) is 6.42 Å². The van der Waals surface area contributed by atoms with Crippen LogP contribution < -0.4 is 5.32 Å². The van der Waals surface area contributed by atoms with Gasteiger partial charge in [0.25, 0.3) is 0 Å². The minimum atomic E-state index is 0.0508. The first-order valence-electron chi connectivity index (χ1n) is 8.47.